The van der Waals surface area contributed by atoms with Gasteiger partial charge in [0, 0.05) is 60.7 Å². The molecule has 0 unspecified atom stereocenters. The van der Waals surface area contributed by atoms with Gasteiger partial charge in [-0.15, -0.1) is 11.3 Å². The van der Waals surface area contributed by atoms with Crippen LogP contribution in [-0.4, -0.2) is 0 Å². The topological polar surface area (TPSA) is 19.6 Å². The molecular formula is C104H70N2OS. The van der Waals surface area contributed by atoms with Crippen molar-refractivity contribution < 1.29 is 4.42 Å². The third kappa shape index (κ3) is 12.6. The van der Waals surface area contributed by atoms with E-state index in [0.717, 1.165) is 55.9 Å². The third-order valence-corrected chi connectivity index (χ3v) is 22.2. The van der Waals surface area contributed by atoms with Gasteiger partial charge in [0.05, 0.1) is 10.4 Å². The van der Waals surface area contributed by atoms with E-state index in [-0.39, 0.29) is 0 Å². The van der Waals surface area contributed by atoms with E-state index in [9.17, 15) is 0 Å². The molecule has 508 valence electrons. The number of fused-ring (bicyclic) bond motifs is 8. The van der Waals surface area contributed by atoms with Gasteiger partial charge in [-0.3, -0.25) is 0 Å². The van der Waals surface area contributed by atoms with Crippen molar-refractivity contribution in [2.75, 3.05) is 9.80 Å². The molecule has 0 fully saturated rings. The third-order valence-electron chi connectivity index (χ3n) is 21.0. The Hall–Kier alpha value is -13.9. The smallest absolute Gasteiger partial charge is 0.137 e. The lowest BCUT2D eigenvalue weighted by Crippen LogP contribution is -2.10. The van der Waals surface area contributed by atoms with Crippen LogP contribution in [0.1, 0.15) is 0 Å². The van der Waals surface area contributed by atoms with Crippen LogP contribution in [0.25, 0.3) is 153 Å². The van der Waals surface area contributed by atoms with E-state index < -0.39 is 0 Å². The van der Waals surface area contributed by atoms with Crippen LogP contribution in [0.15, 0.2) is 429 Å². The van der Waals surface area contributed by atoms with Crippen LogP contribution >= 0.6 is 11.3 Å². The van der Waals surface area contributed by atoms with E-state index >= 15 is 0 Å². The van der Waals surface area contributed by atoms with E-state index in [1.807, 2.05) is 17.4 Å². The van der Waals surface area contributed by atoms with E-state index in [4.69, 9.17) is 4.42 Å². The van der Waals surface area contributed by atoms with Gasteiger partial charge in [0.1, 0.15) is 11.2 Å². The van der Waals surface area contributed by atoms with E-state index in [1.54, 1.807) is 0 Å². The van der Waals surface area contributed by atoms with E-state index in [2.05, 4.69) is 428 Å². The highest BCUT2D eigenvalue weighted by atomic mass is 32.1. The number of hydrogen-bond acceptors (Lipinski definition) is 4. The summed E-state index contributed by atoms with van der Waals surface area (Å²) in [6.07, 6.45) is 0. The summed E-state index contributed by atoms with van der Waals surface area (Å²) in [6, 6.07) is 153. The molecule has 0 saturated heterocycles. The maximum atomic E-state index is 6.58. The van der Waals surface area contributed by atoms with E-state index in [0.29, 0.717) is 0 Å². The Balaban J connectivity index is 0.000000147. The first kappa shape index (κ1) is 64.9. The van der Waals surface area contributed by atoms with Crippen molar-refractivity contribution in [2.45, 2.75) is 0 Å². The molecule has 0 amide bonds. The molecule has 20 rings (SSSR count). The lowest BCUT2D eigenvalue weighted by atomic mass is 9.95. The first-order valence-corrected chi connectivity index (χ1v) is 37.7. The maximum Gasteiger partial charge on any atom is 0.137 e. The Morgan fingerprint density at radius 3 is 0.954 bits per heavy atom. The first-order chi connectivity index (χ1) is 53.5. The van der Waals surface area contributed by atoms with Gasteiger partial charge >= 0.3 is 0 Å². The zero-order valence-electron chi connectivity index (χ0n) is 59.1. The summed E-state index contributed by atoms with van der Waals surface area (Å²) in [5.74, 6) is 0. The molecule has 0 bridgehead atoms. The molecule has 0 radical (unpaired) electrons. The predicted octanol–water partition coefficient (Wildman–Crippen LogP) is 30.2. The van der Waals surface area contributed by atoms with Gasteiger partial charge in [0.15, 0.2) is 0 Å². The molecule has 18 aromatic carbocycles. The van der Waals surface area contributed by atoms with Gasteiger partial charge in [-0.05, 0) is 202 Å². The minimum atomic E-state index is 0.862. The monoisotopic (exact) mass is 1390 g/mol. The fourth-order valence-electron chi connectivity index (χ4n) is 15.5. The SMILES string of the molecule is c1ccc(-c2ccc(N(c3ccc(-c4ccc5cccc(-c6ccccc6)c5c4)cc3)c3ccc4c(c3)oc3cc(-c5ccccc5)ccc34)cc2)cc1.c1ccc(-c2ccc(N(c3ccc(-c4ccc5cccc(-c6ccccc6)c5c4)cc3)c3cccc4c3sc3c(-c5ccccc5)cccc34)cc2)cc1. The Labute approximate surface area is 632 Å². The largest absolute Gasteiger partial charge is 0.456 e. The molecule has 3 nitrogen and oxygen atoms in total. The highest BCUT2D eigenvalue weighted by Crippen LogP contribution is 2.49. The fourth-order valence-corrected chi connectivity index (χ4v) is 16.9. The molecule has 0 aliphatic heterocycles. The second kappa shape index (κ2) is 28.6. The normalized spacial score (nSPS) is 11.3. The minimum absolute atomic E-state index is 0.862. The second-order valence-corrected chi connectivity index (χ2v) is 28.5. The van der Waals surface area contributed by atoms with Gasteiger partial charge in [-0.2, -0.15) is 0 Å². The molecule has 2 aromatic heterocycles. The number of benzene rings is 18. The summed E-state index contributed by atoms with van der Waals surface area (Å²) in [5.41, 5.74) is 27.7. The van der Waals surface area contributed by atoms with Crippen molar-refractivity contribution >= 4 is 109 Å². The van der Waals surface area contributed by atoms with Crippen molar-refractivity contribution in [3.63, 3.8) is 0 Å². The van der Waals surface area contributed by atoms with Crippen LogP contribution in [0, 0.1) is 0 Å². The van der Waals surface area contributed by atoms with Gasteiger partial charge in [-0.25, -0.2) is 0 Å². The van der Waals surface area contributed by atoms with Crippen molar-refractivity contribution in [1.82, 2.24) is 0 Å². The van der Waals surface area contributed by atoms with Crippen molar-refractivity contribution in [2.24, 2.45) is 0 Å². The summed E-state index contributed by atoms with van der Waals surface area (Å²) < 4.78 is 9.17. The number of anilines is 6. The summed E-state index contributed by atoms with van der Waals surface area (Å²) >= 11 is 1.89. The molecule has 0 aliphatic rings. The lowest BCUT2D eigenvalue weighted by Gasteiger charge is -2.26. The van der Waals surface area contributed by atoms with Gasteiger partial charge < -0.3 is 14.2 Å². The summed E-state index contributed by atoms with van der Waals surface area (Å²) in [5, 5.41) is 9.78. The zero-order chi connectivity index (χ0) is 71.7. The Morgan fingerprint density at radius 2 is 0.491 bits per heavy atom. The molecule has 0 saturated carbocycles. The van der Waals surface area contributed by atoms with Crippen LogP contribution < -0.4 is 9.80 Å². The molecule has 0 spiro atoms. The maximum absolute atomic E-state index is 6.58. The van der Waals surface area contributed by atoms with Crippen molar-refractivity contribution in [3.05, 3.63) is 425 Å². The summed E-state index contributed by atoms with van der Waals surface area (Å²) in [6.45, 7) is 0. The predicted molar refractivity (Wildman–Crippen MR) is 461 cm³/mol. The lowest BCUT2D eigenvalue weighted by molar-refractivity contribution is 0.669. The minimum Gasteiger partial charge on any atom is -0.456 e. The summed E-state index contributed by atoms with van der Waals surface area (Å²) in [4.78, 5) is 4.74. The number of rotatable bonds is 14. The molecule has 20 aromatic rings. The highest BCUT2D eigenvalue weighted by molar-refractivity contribution is 7.27. The second-order valence-electron chi connectivity index (χ2n) is 27.5. The van der Waals surface area contributed by atoms with Crippen LogP contribution in [0.3, 0.4) is 0 Å². The molecule has 108 heavy (non-hydrogen) atoms. The Morgan fingerprint density at radius 1 is 0.176 bits per heavy atom. The molecule has 0 aliphatic carbocycles. The first-order valence-electron chi connectivity index (χ1n) is 36.8. The number of hydrogen-bond donors (Lipinski definition) is 0. The fraction of sp³-hybridized carbons (Fsp3) is 0. The standard InChI is InChI=1S/C52H35NO.C52H35NS/c1-4-11-36(12-5-1)38-21-26-44(27-22-38)53(46-30-32-49-48-31-25-43(37-13-6-2-7-14-37)34-51(48)54-52(49)35-46)45-28-23-39(24-29-45)42-20-19-41-17-10-18-47(50(41)33-42)40-15-8-3-9-16-40;1-4-13-36(14-5-1)37-27-31-43(32-28-37)53(50-24-12-23-48-47-22-11-21-46(51(47)54-52(48)50)40-17-8-3-9-18-40)44-33-29-38(30-34-44)42-26-25-41-19-10-20-45(49(41)35-42)39-15-6-2-7-16-39/h2*1-35H. The summed E-state index contributed by atoms with van der Waals surface area (Å²) in [7, 11) is 0. The van der Waals surface area contributed by atoms with Crippen molar-refractivity contribution in [1.29, 1.82) is 0 Å². The molecular weight excluding hydrogens is 1330 g/mol. The average Bonchev–Trinajstić information content (AvgIpc) is 1.58. The Bertz CT molecular complexity index is 6600. The highest BCUT2D eigenvalue weighted by Gasteiger charge is 2.22. The molecule has 0 N–H and O–H groups in total. The van der Waals surface area contributed by atoms with Crippen LogP contribution in [-0.2, 0) is 0 Å². The molecule has 2 heterocycles. The number of nitrogens with zero attached hydrogens (tertiary/aromatic N) is 2. The van der Waals surface area contributed by atoms with Gasteiger partial charge in [0.2, 0.25) is 0 Å². The van der Waals surface area contributed by atoms with Gasteiger partial charge in [0.25, 0.3) is 0 Å². The van der Waals surface area contributed by atoms with Crippen molar-refractivity contribution in [3.8, 4) is 89.0 Å². The number of thiophene rings is 1. The van der Waals surface area contributed by atoms with Crippen LogP contribution in [0.2, 0.25) is 0 Å². The van der Waals surface area contributed by atoms with Crippen LogP contribution in [0.4, 0.5) is 34.1 Å². The van der Waals surface area contributed by atoms with Gasteiger partial charge in [-0.1, -0.05) is 328 Å². The molecule has 4 heteroatoms. The van der Waals surface area contributed by atoms with Crippen LogP contribution in [0.5, 0.6) is 0 Å². The molecule has 0 atom stereocenters. The number of furan rings is 1. The van der Waals surface area contributed by atoms with E-state index in [1.165, 1.54) is 131 Å². The Kier molecular flexibility index (Phi) is 17.2. The quantitative estimate of drug-likeness (QED) is 0.108. The average molecular weight is 1400 g/mol. The zero-order valence-corrected chi connectivity index (χ0v) is 59.9.